The van der Waals surface area contributed by atoms with Gasteiger partial charge >= 0.3 is 0 Å². The molecule has 8 heteroatoms. The van der Waals surface area contributed by atoms with Gasteiger partial charge < -0.3 is 10.3 Å². The normalized spacial score (nSPS) is 11.2. The fourth-order valence-electron chi connectivity index (χ4n) is 3.97. The monoisotopic (exact) mass is 457 g/mol. The van der Waals surface area contributed by atoms with E-state index in [1.807, 2.05) is 45.9 Å². The van der Waals surface area contributed by atoms with Gasteiger partial charge in [-0.3, -0.25) is 14.4 Å². The number of fused-ring (bicyclic) bond motifs is 1. The predicted molar refractivity (Wildman–Crippen MR) is 131 cm³/mol. The number of carbonyl (C=O) groups excluding carboxylic acids is 2. The van der Waals surface area contributed by atoms with Gasteiger partial charge in [-0.15, -0.1) is 0 Å². The summed E-state index contributed by atoms with van der Waals surface area (Å²) in [5, 5.41) is 7.95. The molecule has 0 saturated carbocycles. The van der Waals surface area contributed by atoms with Gasteiger partial charge in [0.15, 0.2) is 11.4 Å². The number of H-pyrrole nitrogens is 1. The molecule has 0 atom stereocenters. The van der Waals surface area contributed by atoms with Crippen molar-refractivity contribution in [1.82, 2.24) is 25.1 Å². The Bertz CT molecular complexity index is 1460. The molecule has 4 aromatic rings. The summed E-state index contributed by atoms with van der Waals surface area (Å²) in [4.78, 5) is 44.9. The lowest BCUT2D eigenvalue weighted by atomic mass is 10.0. The highest BCUT2D eigenvalue weighted by atomic mass is 16.2. The highest BCUT2D eigenvalue weighted by Gasteiger charge is 2.19. The second-order valence-corrected chi connectivity index (χ2v) is 8.73. The summed E-state index contributed by atoms with van der Waals surface area (Å²) < 4.78 is 1.77. The molecular formula is C26H27N5O3. The molecule has 0 unspecified atom stereocenters. The molecule has 0 aliphatic rings. The van der Waals surface area contributed by atoms with Crippen molar-refractivity contribution in [3.05, 3.63) is 80.9 Å². The summed E-state index contributed by atoms with van der Waals surface area (Å²) in [6.45, 7) is 9.28. The van der Waals surface area contributed by atoms with Crippen LogP contribution in [0.25, 0.3) is 22.3 Å². The molecule has 34 heavy (non-hydrogen) atoms. The number of rotatable bonds is 6. The van der Waals surface area contributed by atoms with E-state index in [1.165, 1.54) is 6.92 Å². The smallest absolute Gasteiger partial charge is 0.253 e. The molecule has 1 amide bonds. The standard InChI is InChI=1S/C26H27N5O3/c1-14(2)31-24-22(13-28-31)20(11-23(30-24)19-8-6-18(7-9-19)17(5)32)25(33)27-12-21-15(3)10-16(4)29-26(21)34/h6-11,13-14H,12H2,1-5H3,(H,27,33)(H,29,34). The lowest BCUT2D eigenvalue weighted by molar-refractivity contribution is 0.0951. The molecule has 174 valence electrons. The zero-order valence-corrected chi connectivity index (χ0v) is 19.9. The molecule has 0 saturated heterocycles. The van der Waals surface area contributed by atoms with Crippen molar-refractivity contribution in [2.75, 3.05) is 0 Å². The molecule has 4 rings (SSSR count). The summed E-state index contributed by atoms with van der Waals surface area (Å²) in [7, 11) is 0. The van der Waals surface area contributed by atoms with Crippen LogP contribution in [0.5, 0.6) is 0 Å². The minimum atomic E-state index is -0.323. The number of ketones is 1. The van der Waals surface area contributed by atoms with E-state index in [1.54, 1.807) is 29.1 Å². The van der Waals surface area contributed by atoms with E-state index in [-0.39, 0.29) is 29.8 Å². The number of aromatic amines is 1. The number of amides is 1. The Hall–Kier alpha value is -4.07. The first kappa shape index (κ1) is 23.1. The maximum atomic E-state index is 13.3. The first-order valence-electron chi connectivity index (χ1n) is 11.1. The maximum absolute atomic E-state index is 13.3. The van der Waals surface area contributed by atoms with Crippen LogP contribution in [-0.2, 0) is 6.54 Å². The van der Waals surface area contributed by atoms with Crippen molar-refractivity contribution in [3.8, 4) is 11.3 Å². The van der Waals surface area contributed by atoms with Crippen molar-refractivity contribution in [2.45, 2.75) is 47.2 Å². The number of nitrogens with zero attached hydrogens (tertiary/aromatic N) is 3. The largest absolute Gasteiger partial charge is 0.348 e. The third-order valence-electron chi connectivity index (χ3n) is 5.81. The molecule has 0 bridgehead atoms. The van der Waals surface area contributed by atoms with Crippen LogP contribution in [0, 0.1) is 13.8 Å². The lowest BCUT2D eigenvalue weighted by Gasteiger charge is -2.12. The molecule has 3 heterocycles. The van der Waals surface area contributed by atoms with Gasteiger partial charge in [0, 0.05) is 35.0 Å². The van der Waals surface area contributed by atoms with Crippen LogP contribution in [0.4, 0.5) is 0 Å². The Labute approximate surface area is 197 Å². The zero-order valence-electron chi connectivity index (χ0n) is 19.9. The number of aromatic nitrogens is 4. The van der Waals surface area contributed by atoms with Crippen LogP contribution in [0.3, 0.4) is 0 Å². The van der Waals surface area contributed by atoms with Crippen LogP contribution in [-0.4, -0.2) is 31.4 Å². The Morgan fingerprint density at radius 2 is 1.82 bits per heavy atom. The van der Waals surface area contributed by atoms with E-state index in [0.717, 1.165) is 16.8 Å². The number of benzene rings is 1. The van der Waals surface area contributed by atoms with E-state index >= 15 is 0 Å². The predicted octanol–water partition coefficient (Wildman–Crippen LogP) is 4.12. The van der Waals surface area contributed by atoms with Gasteiger partial charge in [0.2, 0.25) is 0 Å². The SMILES string of the molecule is CC(=O)c1ccc(-c2cc(C(=O)NCc3c(C)cc(C)[nH]c3=O)c3cnn(C(C)C)c3n2)cc1. The molecule has 3 aromatic heterocycles. The number of Topliss-reactive ketones (excluding diaryl/α,β-unsaturated/α-hetero) is 1. The number of hydrogen-bond acceptors (Lipinski definition) is 5. The molecule has 0 aliphatic carbocycles. The topological polar surface area (TPSA) is 110 Å². The van der Waals surface area contributed by atoms with E-state index in [0.29, 0.717) is 33.4 Å². The Morgan fingerprint density at radius 1 is 1.12 bits per heavy atom. The van der Waals surface area contributed by atoms with Crippen LogP contribution >= 0.6 is 0 Å². The van der Waals surface area contributed by atoms with Crippen LogP contribution < -0.4 is 10.9 Å². The van der Waals surface area contributed by atoms with E-state index in [9.17, 15) is 14.4 Å². The fraction of sp³-hybridized carbons (Fsp3) is 0.269. The molecule has 0 fully saturated rings. The minimum Gasteiger partial charge on any atom is -0.348 e. The van der Waals surface area contributed by atoms with Gasteiger partial charge in [-0.05, 0) is 52.3 Å². The van der Waals surface area contributed by atoms with Crippen LogP contribution in [0.2, 0.25) is 0 Å². The number of aryl methyl sites for hydroxylation is 2. The van der Waals surface area contributed by atoms with Crippen molar-refractivity contribution in [2.24, 2.45) is 0 Å². The van der Waals surface area contributed by atoms with E-state index in [4.69, 9.17) is 4.98 Å². The third-order valence-corrected chi connectivity index (χ3v) is 5.81. The van der Waals surface area contributed by atoms with Gasteiger partial charge in [0.25, 0.3) is 11.5 Å². The Morgan fingerprint density at radius 3 is 2.44 bits per heavy atom. The Kier molecular flexibility index (Phi) is 6.15. The second-order valence-electron chi connectivity index (χ2n) is 8.73. The first-order chi connectivity index (χ1) is 16.2. The van der Waals surface area contributed by atoms with E-state index in [2.05, 4.69) is 15.4 Å². The third kappa shape index (κ3) is 4.39. The molecular weight excluding hydrogens is 430 g/mol. The van der Waals surface area contributed by atoms with Crippen molar-refractivity contribution < 1.29 is 9.59 Å². The Balaban J connectivity index is 1.76. The van der Waals surface area contributed by atoms with Gasteiger partial charge in [0.1, 0.15) is 0 Å². The van der Waals surface area contributed by atoms with Gasteiger partial charge in [0.05, 0.1) is 22.8 Å². The van der Waals surface area contributed by atoms with Crippen LogP contribution in [0.1, 0.15) is 64.3 Å². The summed E-state index contributed by atoms with van der Waals surface area (Å²) in [6, 6.07) is 10.8. The number of hydrogen-bond donors (Lipinski definition) is 2. The maximum Gasteiger partial charge on any atom is 0.253 e. The molecule has 2 N–H and O–H groups in total. The highest BCUT2D eigenvalue weighted by Crippen LogP contribution is 2.27. The van der Waals surface area contributed by atoms with Crippen molar-refractivity contribution >= 4 is 22.7 Å². The highest BCUT2D eigenvalue weighted by molar-refractivity contribution is 6.06. The quantitative estimate of drug-likeness (QED) is 0.423. The van der Waals surface area contributed by atoms with Gasteiger partial charge in [-0.25, -0.2) is 9.67 Å². The summed E-state index contributed by atoms with van der Waals surface area (Å²) in [5.74, 6) is -0.342. The summed E-state index contributed by atoms with van der Waals surface area (Å²) in [5.41, 5.74) is 4.90. The number of nitrogens with one attached hydrogen (secondary N) is 2. The van der Waals surface area contributed by atoms with Crippen molar-refractivity contribution in [3.63, 3.8) is 0 Å². The van der Waals surface area contributed by atoms with Gasteiger partial charge in [-0.1, -0.05) is 24.3 Å². The zero-order chi connectivity index (χ0) is 24.6. The fourth-order valence-corrected chi connectivity index (χ4v) is 3.97. The van der Waals surface area contributed by atoms with Gasteiger partial charge in [-0.2, -0.15) is 5.10 Å². The molecule has 0 aliphatic heterocycles. The van der Waals surface area contributed by atoms with E-state index < -0.39 is 0 Å². The molecule has 1 aromatic carbocycles. The average Bonchev–Trinajstić information content (AvgIpc) is 3.22. The number of pyridine rings is 2. The lowest BCUT2D eigenvalue weighted by Crippen LogP contribution is -2.28. The minimum absolute atomic E-state index is 0.0192. The average molecular weight is 458 g/mol. The molecule has 0 radical (unpaired) electrons. The van der Waals surface area contributed by atoms with Crippen LogP contribution in [0.15, 0.2) is 47.4 Å². The van der Waals surface area contributed by atoms with Crippen molar-refractivity contribution in [1.29, 1.82) is 0 Å². The second kappa shape index (κ2) is 9.05. The summed E-state index contributed by atoms with van der Waals surface area (Å²) >= 11 is 0. The molecule has 0 spiro atoms. The molecule has 8 nitrogen and oxygen atoms in total. The summed E-state index contributed by atoms with van der Waals surface area (Å²) in [6.07, 6.45) is 1.64. The first-order valence-corrected chi connectivity index (χ1v) is 11.1. The number of carbonyl (C=O) groups is 2.